The van der Waals surface area contributed by atoms with Gasteiger partial charge in [-0.1, -0.05) is 0 Å². The van der Waals surface area contributed by atoms with E-state index in [-0.39, 0.29) is 5.54 Å². The highest BCUT2D eigenvalue weighted by molar-refractivity contribution is 5.86. The molecule has 0 saturated carbocycles. The van der Waals surface area contributed by atoms with E-state index in [1.807, 2.05) is 0 Å². The first kappa shape index (κ1) is 15.3. The number of carbonyl (C=O) groups is 1. The average molecular weight is 295 g/mol. The van der Waals surface area contributed by atoms with E-state index < -0.39 is 0 Å². The highest BCUT2D eigenvalue weighted by Gasteiger charge is 2.38. The molecule has 0 aromatic carbocycles. The van der Waals surface area contributed by atoms with Gasteiger partial charge in [0.25, 0.3) is 0 Å². The molecule has 3 heterocycles. The molecule has 0 aliphatic carbocycles. The Kier molecular flexibility index (Phi) is 4.82. The van der Waals surface area contributed by atoms with Crippen LogP contribution in [0.2, 0.25) is 0 Å². The Hall–Kier alpha value is -0.650. The van der Waals surface area contributed by atoms with Gasteiger partial charge in [-0.15, -0.1) is 0 Å². The van der Waals surface area contributed by atoms with Crippen molar-refractivity contribution in [2.45, 2.75) is 50.7 Å². The third-order valence-electron chi connectivity index (χ3n) is 5.24. The number of rotatable bonds is 3. The molecule has 3 saturated heterocycles. The van der Waals surface area contributed by atoms with Crippen LogP contribution in [0.5, 0.6) is 0 Å². The van der Waals surface area contributed by atoms with Gasteiger partial charge < -0.3 is 15.0 Å². The molecule has 0 bridgehead atoms. The van der Waals surface area contributed by atoms with Gasteiger partial charge in [-0.2, -0.15) is 0 Å². The predicted octanol–water partition coefficient (Wildman–Crippen LogP) is 0.842. The molecular weight excluding hydrogens is 266 g/mol. The van der Waals surface area contributed by atoms with Crippen molar-refractivity contribution in [3.8, 4) is 0 Å². The van der Waals surface area contributed by atoms with Gasteiger partial charge in [0.2, 0.25) is 5.91 Å². The standard InChI is InChI=1S/C16H29N3O2/c1-16(6-2-3-7-17-16)15(20)19-10-8-18(9-11-19)13-14-5-4-12-21-14/h14,17H,2-13H2,1H3. The number of hydrogen-bond acceptors (Lipinski definition) is 4. The lowest BCUT2D eigenvalue weighted by atomic mass is 9.89. The molecule has 3 fully saturated rings. The first-order chi connectivity index (χ1) is 10.2. The van der Waals surface area contributed by atoms with Gasteiger partial charge in [0.15, 0.2) is 0 Å². The van der Waals surface area contributed by atoms with Gasteiger partial charge in [0, 0.05) is 39.3 Å². The van der Waals surface area contributed by atoms with Gasteiger partial charge in [-0.3, -0.25) is 9.69 Å². The molecule has 0 aromatic heterocycles. The maximum Gasteiger partial charge on any atom is 0.242 e. The Balaban J connectivity index is 1.47. The van der Waals surface area contributed by atoms with Crippen molar-refractivity contribution in [1.29, 1.82) is 0 Å². The summed E-state index contributed by atoms with van der Waals surface area (Å²) < 4.78 is 5.71. The minimum Gasteiger partial charge on any atom is -0.377 e. The van der Waals surface area contributed by atoms with Crippen LogP contribution in [0.1, 0.15) is 39.0 Å². The number of piperazine rings is 1. The van der Waals surface area contributed by atoms with Crippen LogP contribution in [0.4, 0.5) is 0 Å². The van der Waals surface area contributed by atoms with Crippen LogP contribution >= 0.6 is 0 Å². The molecule has 3 rings (SSSR count). The minimum atomic E-state index is -0.324. The van der Waals surface area contributed by atoms with E-state index in [1.165, 1.54) is 19.3 Å². The summed E-state index contributed by atoms with van der Waals surface area (Å²) in [5.41, 5.74) is -0.324. The number of nitrogens with one attached hydrogen (secondary N) is 1. The summed E-state index contributed by atoms with van der Waals surface area (Å²) in [6, 6.07) is 0. The van der Waals surface area contributed by atoms with E-state index in [4.69, 9.17) is 4.74 Å². The van der Waals surface area contributed by atoms with Crippen molar-refractivity contribution in [3.05, 3.63) is 0 Å². The van der Waals surface area contributed by atoms with Crippen LogP contribution in [0.15, 0.2) is 0 Å². The zero-order valence-electron chi connectivity index (χ0n) is 13.3. The van der Waals surface area contributed by atoms with E-state index in [9.17, 15) is 4.79 Å². The molecule has 5 nitrogen and oxygen atoms in total. The molecular formula is C16H29N3O2. The maximum atomic E-state index is 12.7. The van der Waals surface area contributed by atoms with Crippen LogP contribution in [0.3, 0.4) is 0 Å². The molecule has 2 atom stereocenters. The number of piperidine rings is 1. The quantitative estimate of drug-likeness (QED) is 0.838. The van der Waals surface area contributed by atoms with E-state index in [1.54, 1.807) is 0 Å². The second kappa shape index (κ2) is 6.63. The van der Waals surface area contributed by atoms with Crippen LogP contribution < -0.4 is 5.32 Å². The summed E-state index contributed by atoms with van der Waals surface area (Å²) in [5.74, 6) is 0.305. The molecule has 0 spiro atoms. The van der Waals surface area contributed by atoms with E-state index >= 15 is 0 Å². The fourth-order valence-corrected chi connectivity index (χ4v) is 3.80. The lowest BCUT2D eigenvalue weighted by Gasteiger charge is -2.42. The SMILES string of the molecule is CC1(C(=O)N2CCN(CC3CCCO3)CC2)CCCCN1. The largest absolute Gasteiger partial charge is 0.377 e. The summed E-state index contributed by atoms with van der Waals surface area (Å²) >= 11 is 0. The Morgan fingerprint density at radius 3 is 2.67 bits per heavy atom. The summed E-state index contributed by atoms with van der Waals surface area (Å²) in [6.07, 6.45) is 6.15. The van der Waals surface area contributed by atoms with Crippen molar-refractivity contribution >= 4 is 5.91 Å². The summed E-state index contributed by atoms with van der Waals surface area (Å²) in [5, 5.41) is 3.44. The molecule has 1 N–H and O–H groups in total. The first-order valence-corrected chi connectivity index (χ1v) is 8.56. The molecule has 5 heteroatoms. The fraction of sp³-hybridized carbons (Fsp3) is 0.938. The van der Waals surface area contributed by atoms with Crippen LogP contribution in [0, 0.1) is 0 Å². The third-order valence-corrected chi connectivity index (χ3v) is 5.24. The van der Waals surface area contributed by atoms with Crippen LogP contribution in [-0.4, -0.2) is 73.2 Å². The molecule has 2 unspecified atom stereocenters. The lowest BCUT2D eigenvalue weighted by Crippen LogP contribution is -2.61. The molecule has 0 radical (unpaired) electrons. The maximum absolute atomic E-state index is 12.7. The minimum absolute atomic E-state index is 0.305. The molecule has 0 aromatic rings. The van der Waals surface area contributed by atoms with E-state index in [0.29, 0.717) is 12.0 Å². The Morgan fingerprint density at radius 2 is 2.05 bits per heavy atom. The Labute approximate surface area is 128 Å². The van der Waals surface area contributed by atoms with Crippen molar-refractivity contribution in [2.24, 2.45) is 0 Å². The lowest BCUT2D eigenvalue weighted by molar-refractivity contribution is -0.140. The molecule has 3 aliphatic heterocycles. The molecule has 120 valence electrons. The zero-order chi connectivity index (χ0) is 14.7. The van der Waals surface area contributed by atoms with Gasteiger partial charge in [-0.25, -0.2) is 0 Å². The smallest absolute Gasteiger partial charge is 0.242 e. The van der Waals surface area contributed by atoms with Crippen molar-refractivity contribution in [3.63, 3.8) is 0 Å². The predicted molar refractivity (Wildman–Crippen MR) is 82.3 cm³/mol. The second-order valence-electron chi connectivity index (χ2n) is 6.94. The van der Waals surface area contributed by atoms with E-state index in [2.05, 4.69) is 22.0 Å². The molecule has 3 aliphatic rings. The number of carbonyl (C=O) groups excluding carboxylic acids is 1. The zero-order valence-corrected chi connectivity index (χ0v) is 13.3. The van der Waals surface area contributed by atoms with Gasteiger partial charge in [-0.05, 0) is 45.6 Å². The first-order valence-electron chi connectivity index (χ1n) is 8.56. The Morgan fingerprint density at radius 1 is 1.24 bits per heavy atom. The third kappa shape index (κ3) is 3.58. The van der Waals surface area contributed by atoms with Crippen molar-refractivity contribution in [2.75, 3.05) is 45.9 Å². The number of ether oxygens (including phenoxy) is 1. The highest BCUT2D eigenvalue weighted by Crippen LogP contribution is 2.22. The average Bonchev–Trinajstić information content (AvgIpc) is 3.01. The number of amides is 1. The van der Waals surface area contributed by atoms with Crippen LogP contribution in [0.25, 0.3) is 0 Å². The highest BCUT2D eigenvalue weighted by atomic mass is 16.5. The topological polar surface area (TPSA) is 44.8 Å². The molecule has 1 amide bonds. The Bertz CT molecular complexity index is 355. The van der Waals surface area contributed by atoms with Gasteiger partial charge in [0.05, 0.1) is 11.6 Å². The van der Waals surface area contributed by atoms with Crippen molar-refractivity contribution < 1.29 is 9.53 Å². The van der Waals surface area contributed by atoms with Crippen molar-refractivity contribution in [1.82, 2.24) is 15.1 Å². The van der Waals surface area contributed by atoms with E-state index in [0.717, 1.165) is 58.7 Å². The second-order valence-corrected chi connectivity index (χ2v) is 6.94. The van der Waals surface area contributed by atoms with Gasteiger partial charge in [0.1, 0.15) is 0 Å². The monoisotopic (exact) mass is 295 g/mol. The number of nitrogens with zero attached hydrogens (tertiary/aromatic N) is 2. The molecule has 21 heavy (non-hydrogen) atoms. The van der Waals surface area contributed by atoms with Crippen LogP contribution in [-0.2, 0) is 9.53 Å². The van der Waals surface area contributed by atoms with Gasteiger partial charge >= 0.3 is 0 Å². The fourth-order valence-electron chi connectivity index (χ4n) is 3.80. The normalized spacial score (nSPS) is 35.1. The summed E-state index contributed by atoms with van der Waals surface area (Å²) in [4.78, 5) is 17.3. The summed E-state index contributed by atoms with van der Waals surface area (Å²) in [6.45, 7) is 8.72. The summed E-state index contributed by atoms with van der Waals surface area (Å²) in [7, 11) is 0. The number of hydrogen-bond donors (Lipinski definition) is 1.